The minimum atomic E-state index is -1.66. The van der Waals surface area contributed by atoms with Crippen LogP contribution in [0.4, 0.5) is 0 Å². The molecule has 4 aliphatic heterocycles. The fourth-order valence-electron chi connectivity index (χ4n) is 13.3. The van der Waals surface area contributed by atoms with Crippen molar-refractivity contribution in [2.24, 2.45) is 46.3 Å². The molecule has 4 aliphatic carbocycles. The van der Waals surface area contributed by atoms with E-state index in [0.29, 0.717) is 25.7 Å². The van der Waals surface area contributed by atoms with Gasteiger partial charge in [-0.15, -0.1) is 0 Å². The number of rotatable bonds is 11. The van der Waals surface area contributed by atoms with Gasteiger partial charge in [-0.05, 0) is 80.5 Å². The highest BCUT2D eigenvalue weighted by atomic mass is 16.8. The summed E-state index contributed by atoms with van der Waals surface area (Å²) >= 11 is 0. The molecule has 62 heavy (non-hydrogen) atoms. The van der Waals surface area contributed by atoms with E-state index in [2.05, 4.69) is 26.8 Å². The van der Waals surface area contributed by atoms with E-state index in [-0.39, 0.29) is 60.2 Å². The van der Waals surface area contributed by atoms with Crippen LogP contribution in [-0.4, -0.2) is 186 Å². The van der Waals surface area contributed by atoms with Crippen molar-refractivity contribution in [2.75, 3.05) is 19.8 Å². The average molecular weight is 889 g/mol. The van der Waals surface area contributed by atoms with Crippen LogP contribution in [0.15, 0.2) is 11.6 Å². The number of fused-ring (bicyclic) bond motifs is 7. The van der Waals surface area contributed by atoms with Gasteiger partial charge in [-0.25, -0.2) is 0 Å². The second-order valence-electron chi connectivity index (χ2n) is 20.7. The van der Waals surface area contributed by atoms with Crippen LogP contribution >= 0.6 is 0 Å². The van der Waals surface area contributed by atoms with Gasteiger partial charge in [0.25, 0.3) is 0 Å². The lowest BCUT2D eigenvalue weighted by Gasteiger charge is -2.60. The van der Waals surface area contributed by atoms with Gasteiger partial charge >= 0.3 is 0 Å². The molecule has 18 heteroatoms. The Kier molecular flexibility index (Phi) is 13.7. The average Bonchev–Trinajstić information content (AvgIpc) is 3.67. The summed E-state index contributed by atoms with van der Waals surface area (Å²) in [5.41, 5.74) is 0.452. The predicted molar refractivity (Wildman–Crippen MR) is 213 cm³/mol. The fraction of sp³-hybridized carbons (Fsp3) is 0.955. The lowest BCUT2D eigenvalue weighted by molar-refractivity contribution is -0.362. The maximum Gasteiger partial charge on any atom is 0.187 e. The Morgan fingerprint density at radius 3 is 2.26 bits per heavy atom. The zero-order valence-corrected chi connectivity index (χ0v) is 36.4. The quantitative estimate of drug-likeness (QED) is 0.108. The predicted octanol–water partition coefficient (Wildman–Crippen LogP) is -1.22. The van der Waals surface area contributed by atoms with Crippen LogP contribution in [0.3, 0.4) is 0 Å². The van der Waals surface area contributed by atoms with Crippen LogP contribution in [0.5, 0.6) is 0 Å². The molecule has 8 aliphatic rings. The van der Waals surface area contributed by atoms with Gasteiger partial charge in [0.15, 0.2) is 24.7 Å². The summed E-state index contributed by atoms with van der Waals surface area (Å²) in [6.07, 6.45) is -13.2. The fourth-order valence-corrected chi connectivity index (χ4v) is 13.3. The molecule has 18 nitrogen and oxygen atoms in total. The number of hydrogen-bond acceptors (Lipinski definition) is 18. The number of aliphatic hydroxyl groups is 11. The number of allylic oxidation sites excluding steroid dienone is 1. The van der Waals surface area contributed by atoms with Crippen LogP contribution in [-0.2, 0) is 33.2 Å². The van der Waals surface area contributed by atoms with E-state index in [1.54, 1.807) is 0 Å². The van der Waals surface area contributed by atoms with E-state index < -0.39 is 116 Å². The second-order valence-corrected chi connectivity index (χ2v) is 20.7. The van der Waals surface area contributed by atoms with Crippen LogP contribution in [0.25, 0.3) is 0 Å². The van der Waals surface area contributed by atoms with Gasteiger partial charge in [-0.3, -0.25) is 0 Å². The van der Waals surface area contributed by atoms with Gasteiger partial charge in [0, 0.05) is 24.2 Å². The highest BCUT2D eigenvalue weighted by Crippen LogP contribution is 2.70. The lowest BCUT2D eigenvalue weighted by Crippen LogP contribution is -2.63. The van der Waals surface area contributed by atoms with Crippen molar-refractivity contribution in [1.82, 2.24) is 0 Å². The van der Waals surface area contributed by atoms with Crippen molar-refractivity contribution >= 4 is 0 Å². The van der Waals surface area contributed by atoms with E-state index >= 15 is 0 Å². The molecule has 0 spiro atoms. The molecule has 26 atom stereocenters. The first-order valence-electron chi connectivity index (χ1n) is 22.9. The minimum Gasteiger partial charge on any atom is -0.394 e. The first-order chi connectivity index (χ1) is 29.2. The summed E-state index contributed by atoms with van der Waals surface area (Å²) in [5.74, 6) is -0.790. The molecule has 4 heterocycles. The van der Waals surface area contributed by atoms with Crippen molar-refractivity contribution in [1.29, 1.82) is 0 Å². The molecule has 11 N–H and O–H groups in total. The topological polar surface area (TPSA) is 287 Å². The highest BCUT2D eigenvalue weighted by Gasteiger charge is 2.69. The Hall–Kier alpha value is -0.980. The van der Waals surface area contributed by atoms with E-state index in [1.807, 2.05) is 6.92 Å². The molecule has 8 rings (SSSR count). The maximum absolute atomic E-state index is 12.1. The molecule has 356 valence electrons. The molecule has 0 bridgehead atoms. The van der Waals surface area contributed by atoms with Crippen molar-refractivity contribution in [3.05, 3.63) is 11.6 Å². The van der Waals surface area contributed by atoms with Gasteiger partial charge in [-0.1, -0.05) is 39.3 Å². The Labute approximate surface area is 362 Å². The summed E-state index contributed by atoms with van der Waals surface area (Å²) in [6, 6.07) is 0. The van der Waals surface area contributed by atoms with Gasteiger partial charge in [0.2, 0.25) is 0 Å². The van der Waals surface area contributed by atoms with E-state index in [4.69, 9.17) is 33.2 Å². The number of aliphatic hydroxyl groups excluding tert-OH is 10. The third-order valence-corrected chi connectivity index (χ3v) is 17.1. The SMILES string of the molecule is CC(CCC1(O)OC2CC3C4CC=C5CC(O)CC(OC6OCC(O)C(O)C6OC6OC(C)C(O)C(O)C6O)C5(C)C4CCC3(C)C2C1C)COC1OC(CO)C(O)C(O)C1O. The Morgan fingerprint density at radius 1 is 0.823 bits per heavy atom. The summed E-state index contributed by atoms with van der Waals surface area (Å²) in [7, 11) is 0. The molecular weight excluding hydrogens is 816 g/mol. The summed E-state index contributed by atoms with van der Waals surface area (Å²) < 4.78 is 42.5. The van der Waals surface area contributed by atoms with Crippen molar-refractivity contribution < 1.29 is 89.3 Å². The second kappa shape index (κ2) is 17.9. The molecule has 0 aromatic heterocycles. The molecule has 26 unspecified atom stereocenters. The minimum absolute atomic E-state index is 0.0819. The Balaban J connectivity index is 0.935. The largest absolute Gasteiger partial charge is 0.394 e. The van der Waals surface area contributed by atoms with Crippen LogP contribution in [0.1, 0.15) is 86.0 Å². The molecule has 0 radical (unpaired) electrons. The van der Waals surface area contributed by atoms with Gasteiger partial charge in [-0.2, -0.15) is 0 Å². The smallest absolute Gasteiger partial charge is 0.187 e. The Bertz CT molecular complexity index is 1590. The van der Waals surface area contributed by atoms with Crippen molar-refractivity contribution in [3.63, 3.8) is 0 Å². The van der Waals surface area contributed by atoms with Crippen LogP contribution in [0, 0.1) is 46.3 Å². The van der Waals surface area contributed by atoms with Crippen LogP contribution in [0.2, 0.25) is 0 Å². The molecular formula is C44H72O18. The van der Waals surface area contributed by atoms with Gasteiger partial charge in [0.1, 0.15) is 61.0 Å². The molecule has 0 amide bonds. The van der Waals surface area contributed by atoms with E-state index in [1.165, 1.54) is 6.92 Å². The third kappa shape index (κ3) is 8.06. The zero-order valence-electron chi connectivity index (χ0n) is 36.4. The van der Waals surface area contributed by atoms with Gasteiger partial charge < -0.3 is 89.3 Å². The van der Waals surface area contributed by atoms with Crippen molar-refractivity contribution in [2.45, 2.75) is 196 Å². The summed E-state index contributed by atoms with van der Waals surface area (Å²) in [6.45, 7) is 9.45. The van der Waals surface area contributed by atoms with Crippen molar-refractivity contribution in [3.8, 4) is 0 Å². The molecule has 0 aromatic carbocycles. The highest BCUT2D eigenvalue weighted by molar-refractivity contribution is 5.28. The normalized spacial score (nSPS) is 55.7. The number of hydrogen-bond donors (Lipinski definition) is 11. The first kappa shape index (κ1) is 47.5. The maximum atomic E-state index is 12.1. The zero-order chi connectivity index (χ0) is 44.8. The van der Waals surface area contributed by atoms with Crippen LogP contribution < -0.4 is 0 Å². The first-order valence-corrected chi connectivity index (χ1v) is 22.9. The summed E-state index contributed by atoms with van der Waals surface area (Å²) in [5, 5.41) is 117. The molecule has 4 saturated heterocycles. The van der Waals surface area contributed by atoms with E-state index in [9.17, 15) is 56.2 Å². The van der Waals surface area contributed by atoms with E-state index in [0.717, 1.165) is 31.3 Å². The lowest BCUT2D eigenvalue weighted by atomic mass is 9.46. The monoisotopic (exact) mass is 888 g/mol. The Morgan fingerprint density at radius 2 is 1.53 bits per heavy atom. The number of ether oxygens (including phenoxy) is 7. The van der Waals surface area contributed by atoms with Gasteiger partial charge in [0.05, 0.1) is 44.2 Å². The summed E-state index contributed by atoms with van der Waals surface area (Å²) in [4.78, 5) is 0. The standard InChI is InChI=1S/C44H72O18/c1-18(16-56-39-36(53)35(52)33(50)28(15-45)59-39)8-11-44(55)19(2)30-27(62-44)14-25-23-7-6-21-12-22(46)13-29(43(21,5)24(23)9-10-42(25,30)4)60-41-38(32(49)26(47)17-57-41)61-40-37(54)34(51)31(48)20(3)58-40/h6,18-20,22-41,45-55H,7-17H2,1-5H3. The molecule has 0 aromatic rings. The molecule has 3 saturated carbocycles. The molecule has 7 fully saturated rings. The third-order valence-electron chi connectivity index (χ3n) is 17.1.